The number of aryl methyl sites for hydroxylation is 4. The number of halogens is 2. The number of rotatable bonds is 18. The Bertz CT molecular complexity index is 2980. The number of carbonyl (C=O) groups is 3. The van der Waals surface area contributed by atoms with Gasteiger partial charge in [-0.25, -0.2) is 33.9 Å². The zero-order chi connectivity index (χ0) is 71.9. The van der Waals surface area contributed by atoms with E-state index in [-0.39, 0.29) is 23.9 Å². The number of aromatic nitrogens is 4. The molecule has 0 bridgehead atoms. The maximum absolute atomic E-state index is 12.7. The van der Waals surface area contributed by atoms with Gasteiger partial charge in [-0.15, -0.1) is 0 Å². The third-order valence-electron chi connectivity index (χ3n) is 14.8. The molecule has 1 aliphatic carbocycles. The van der Waals surface area contributed by atoms with Crippen LogP contribution in [0.4, 0.5) is 14.0 Å². The number of aliphatic hydroxyl groups is 1. The highest BCUT2D eigenvalue weighted by Crippen LogP contribution is 2.27. The summed E-state index contributed by atoms with van der Waals surface area (Å²) in [6.45, 7) is 42.7. The van der Waals surface area contributed by atoms with E-state index in [2.05, 4.69) is 97.6 Å². The first kappa shape index (κ1) is 86.3. The van der Waals surface area contributed by atoms with Gasteiger partial charge in [0, 0.05) is 106 Å². The molecule has 21 heteroatoms. The molecule has 97 heavy (non-hydrogen) atoms. The highest BCUT2D eigenvalue weighted by molar-refractivity contribution is 6.31. The molecular weight excluding hydrogens is 1250 g/mol. The number of amides is 3. The highest BCUT2D eigenvalue weighted by atomic mass is 35.5. The van der Waals surface area contributed by atoms with Crippen molar-refractivity contribution >= 4 is 51.5 Å². The van der Waals surface area contributed by atoms with Crippen LogP contribution in [0.1, 0.15) is 163 Å². The van der Waals surface area contributed by atoms with E-state index in [0.29, 0.717) is 29.6 Å². The lowest BCUT2D eigenvalue weighted by Gasteiger charge is -2.26. The summed E-state index contributed by atoms with van der Waals surface area (Å²) in [5.74, 6) is 3.25. The van der Waals surface area contributed by atoms with Crippen LogP contribution in [0.25, 0.3) is 21.8 Å². The first-order chi connectivity index (χ1) is 46.2. The minimum Gasteiger partial charge on any atom is -0.492 e. The van der Waals surface area contributed by atoms with Crippen LogP contribution < -0.4 is 25.4 Å². The standard InChI is InChI=1S/2C13H19NO2.C11H23NO2.C9H7ClN2.C9H7FN2.C8H17NO2.C8H16O.C5H11NO/c1-12-2-4-13(5-3-12)16-11-8-14-6-9-15-10-7-14;1-12-3-2-4-13(11-12)16-10-7-14-5-8-15-9-6-14;1-5-6-7-8-9-12-10(13)14-11(2,3)4;2*1-6-8-3-2-7(10)4-9(8)12-5-11-6;1-5-6-9-7(10)11-8(2,3)4;1-7-2-4-8(6-9)5-3-7;1-3-4-6-5(2)7/h2-5H,6-11H2,1H3;2-4,11H,5-10H2,1H3;5-9H2,1-4H3,(H,12,13);2*2-5H,1H3;5-6H2,1-4H3,(H,9,10);7-9H,2-6H2,1H3;3-4H2,1-2H3,(H,6,7). The van der Waals surface area contributed by atoms with Crippen molar-refractivity contribution in [2.75, 3.05) is 105 Å². The summed E-state index contributed by atoms with van der Waals surface area (Å²) in [5, 5.41) is 19.5. The smallest absolute Gasteiger partial charge is 0.407 e. The van der Waals surface area contributed by atoms with Crippen molar-refractivity contribution in [2.45, 2.75) is 179 Å². The summed E-state index contributed by atoms with van der Waals surface area (Å²) >= 11 is 5.81. The van der Waals surface area contributed by atoms with Crippen molar-refractivity contribution in [3.05, 3.63) is 131 Å². The molecule has 2 saturated heterocycles. The summed E-state index contributed by atoms with van der Waals surface area (Å²) in [4.78, 5) is 53.0. The number of alkyl carbamates (subject to hydrolysis) is 2. The third kappa shape index (κ3) is 44.0. The van der Waals surface area contributed by atoms with Crippen molar-refractivity contribution in [3.8, 4) is 11.5 Å². The van der Waals surface area contributed by atoms with Crippen molar-refractivity contribution < 1.29 is 52.3 Å². The average Bonchev–Trinajstić information content (AvgIpc) is 0.862. The second-order valence-electron chi connectivity index (χ2n) is 26.2. The fourth-order valence-corrected chi connectivity index (χ4v) is 9.48. The Hall–Kier alpha value is -6.81. The van der Waals surface area contributed by atoms with Crippen LogP contribution in [-0.4, -0.2) is 169 Å². The van der Waals surface area contributed by atoms with Gasteiger partial charge in [0.25, 0.3) is 0 Å². The second-order valence-corrected chi connectivity index (χ2v) is 26.6. The van der Waals surface area contributed by atoms with Crippen LogP contribution in [0.3, 0.4) is 0 Å². The minimum absolute atomic E-state index is 0.0573. The van der Waals surface area contributed by atoms with E-state index < -0.39 is 11.2 Å². The SMILES string of the molecule is CC1CCC(CO)CC1.CCCCCCNC(=O)OC(C)(C)C.CCCNC(=O)OC(C)(C)C.CCCNC(C)=O.Cc1ccc(OCCN2CCOCC2)cc1.Cc1cccc(OCCN2CCOCC2)c1.Cc1ncnc2cc(Cl)ccc12.Cc1ncnc2cc(F)ccc12. The van der Waals surface area contributed by atoms with Crippen LogP contribution in [0.5, 0.6) is 11.5 Å². The van der Waals surface area contributed by atoms with Gasteiger partial charge in [0.05, 0.1) is 37.5 Å². The Morgan fingerprint density at radius 3 is 1.56 bits per heavy atom. The summed E-state index contributed by atoms with van der Waals surface area (Å²) in [6.07, 6.45) is 14.1. The summed E-state index contributed by atoms with van der Waals surface area (Å²) < 4.78 is 44.8. The van der Waals surface area contributed by atoms with Crippen molar-refractivity contribution in [1.29, 1.82) is 0 Å². The quantitative estimate of drug-likeness (QED) is 0.0588. The van der Waals surface area contributed by atoms with Gasteiger partial charge in [0.2, 0.25) is 5.91 Å². The fourth-order valence-electron chi connectivity index (χ4n) is 9.31. The van der Waals surface area contributed by atoms with E-state index >= 15 is 0 Å². The van der Waals surface area contributed by atoms with Gasteiger partial charge in [-0.05, 0) is 173 Å². The lowest BCUT2D eigenvalue weighted by atomic mass is 9.84. The molecule has 4 heterocycles. The number of aliphatic hydroxyl groups excluding tert-OH is 1. The molecule has 2 aromatic heterocycles. The van der Waals surface area contributed by atoms with Crippen LogP contribution in [0.2, 0.25) is 5.02 Å². The monoisotopic (exact) mass is 1370 g/mol. The number of nitrogens with zero attached hydrogens (tertiary/aromatic N) is 6. The Kier molecular flexibility index (Phi) is 44.9. The molecule has 542 valence electrons. The summed E-state index contributed by atoms with van der Waals surface area (Å²) in [7, 11) is 0. The maximum Gasteiger partial charge on any atom is 0.407 e. The molecule has 0 unspecified atom stereocenters. The van der Waals surface area contributed by atoms with E-state index in [0.717, 1.165) is 156 Å². The number of unbranched alkanes of at least 4 members (excludes halogenated alkanes) is 3. The molecule has 2 aliphatic heterocycles. The van der Waals surface area contributed by atoms with E-state index in [1.165, 1.54) is 81.5 Å². The molecule has 19 nitrogen and oxygen atoms in total. The molecule has 6 aromatic rings. The number of hydrogen-bond acceptors (Lipinski definition) is 16. The van der Waals surface area contributed by atoms with Crippen LogP contribution >= 0.6 is 11.6 Å². The minimum atomic E-state index is -0.395. The first-order valence-electron chi connectivity index (χ1n) is 34.8. The third-order valence-corrected chi connectivity index (χ3v) is 15.0. The number of carbonyl (C=O) groups excluding carboxylic acids is 3. The number of benzene rings is 4. The zero-order valence-corrected chi connectivity index (χ0v) is 62.1. The molecule has 9 rings (SSSR count). The molecule has 4 aromatic carbocycles. The van der Waals surface area contributed by atoms with E-state index in [4.69, 9.17) is 45.1 Å². The van der Waals surface area contributed by atoms with Crippen LogP contribution in [-0.2, 0) is 23.7 Å². The Labute approximate surface area is 585 Å². The number of nitrogens with one attached hydrogen (secondary N) is 3. The van der Waals surface area contributed by atoms with E-state index in [1.54, 1.807) is 12.4 Å². The predicted molar refractivity (Wildman–Crippen MR) is 391 cm³/mol. The summed E-state index contributed by atoms with van der Waals surface area (Å²) in [5.41, 5.74) is 5.13. The molecule has 4 N–H and O–H groups in total. The van der Waals surface area contributed by atoms with Gasteiger partial charge in [0.15, 0.2) is 0 Å². The highest BCUT2D eigenvalue weighted by Gasteiger charge is 2.18. The molecule has 0 atom stereocenters. The Morgan fingerprint density at radius 2 is 1.08 bits per heavy atom. The normalized spacial score (nSPS) is 15.2. The number of morpholine rings is 2. The first-order valence-corrected chi connectivity index (χ1v) is 35.1. The number of fused-ring (bicyclic) bond motifs is 2. The molecular formula is C76H119ClFN9O10. The van der Waals surface area contributed by atoms with Gasteiger partial charge in [-0.3, -0.25) is 14.6 Å². The van der Waals surface area contributed by atoms with Crippen LogP contribution in [0.15, 0.2) is 97.6 Å². The van der Waals surface area contributed by atoms with Gasteiger partial charge < -0.3 is 49.5 Å². The topological polar surface area (TPSA) is 221 Å². The van der Waals surface area contributed by atoms with Crippen LogP contribution in [0, 0.1) is 45.3 Å². The largest absolute Gasteiger partial charge is 0.492 e. The van der Waals surface area contributed by atoms with Crippen molar-refractivity contribution in [3.63, 3.8) is 0 Å². The van der Waals surface area contributed by atoms with E-state index in [1.807, 2.05) is 112 Å². The van der Waals surface area contributed by atoms with E-state index in [9.17, 15) is 18.8 Å². The average molecular weight is 1370 g/mol. The summed E-state index contributed by atoms with van der Waals surface area (Å²) in [6, 6.07) is 26.5. The molecule has 0 radical (unpaired) electrons. The molecule has 1 saturated carbocycles. The number of ether oxygens (including phenoxy) is 6. The van der Waals surface area contributed by atoms with Crippen molar-refractivity contribution in [1.82, 2.24) is 45.7 Å². The molecule has 3 fully saturated rings. The Balaban J connectivity index is 0.000000381. The predicted octanol–water partition coefficient (Wildman–Crippen LogP) is 15.4. The molecule has 0 spiro atoms. The van der Waals surface area contributed by atoms with Gasteiger partial charge in [-0.2, -0.15) is 0 Å². The molecule has 3 aliphatic rings. The second kappa shape index (κ2) is 50.5. The fraction of sp³-hybridized carbons (Fsp3) is 0.592. The number of hydrogen-bond donors (Lipinski definition) is 4. The van der Waals surface area contributed by atoms with Crippen molar-refractivity contribution in [2.24, 2.45) is 11.8 Å². The van der Waals surface area contributed by atoms with Gasteiger partial charge in [0.1, 0.15) is 54.4 Å². The lowest BCUT2D eigenvalue weighted by Crippen LogP contribution is -2.38. The lowest BCUT2D eigenvalue weighted by molar-refractivity contribution is -0.118. The Morgan fingerprint density at radius 1 is 0.588 bits per heavy atom. The zero-order valence-electron chi connectivity index (χ0n) is 61.3. The molecule has 3 amide bonds. The maximum atomic E-state index is 12.7. The van der Waals surface area contributed by atoms with Gasteiger partial charge in [-0.1, -0.05) is 101 Å². The van der Waals surface area contributed by atoms with Gasteiger partial charge >= 0.3 is 12.2 Å².